The van der Waals surface area contributed by atoms with Crippen molar-refractivity contribution >= 4 is 22.2 Å². The van der Waals surface area contributed by atoms with Gasteiger partial charge in [-0.2, -0.15) is 9.61 Å². The van der Waals surface area contributed by atoms with Crippen LogP contribution in [0.2, 0.25) is 0 Å². The number of hydrogen-bond donors (Lipinski definition) is 1. The maximum absolute atomic E-state index is 11.5. The minimum Gasteiger partial charge on any atom is -0.353 e. The summed E-state index contributed by atoms with van der Waals surface area (Å²) in [6.07, 6.45) is 5.00. The summed E-state index contributed by atoms with van der Waals surface area (Å²) < 4.78 is 1.64. The summed E-state index contributed by atoms with van der Waals surface area (Å²) in [5, 5.41) is 15.8. The standard InChI is InChI=1S/C9H11N5OS/c15-7(11-6-1-2-6)3-4-8-13-14-5-10-12-9(14)16-8/h5-6H,1-4H2,(H,11,15). The molecule has 0 bridgehead atoms. The molecule has 1 saturated carbocycles. The molecule has 2 aromatic rings. The van der Waals surface area contributed by atoms with Crippen LogP contribution in [0.4, 0.5) is 0 Å². The van der Waals surface area contributed by atoms with Gasteiger partial charge < -0.3 is 5.32 Å². The highest BCUT2D eigenvalue weighted by Crippen LogP contribution is 2.19. The average molecular weight is 237 g/mol. The van der Waals surface area contributed by atoms with Gasteiger partial charge in [0.05, 0.1) is 0 Å². The van der Waals surface area contributed by atoms with Gasteiger partial charge in [-0.1, -0.05) is 11.3 Å². The van der Waals surface area contributed by atoms with Crippen molar-refractivity contribution in [1.29, 1.82) is 0 Å². The normalized spacial score (nSPS) is 15.5. The van der Waals surface area contributed by atoms with Crippen molar-refractivity contribution in [1.82, 2.24) is 25.1 Å². The predicted octanol–water partition coefficient (Wildman–Crippen LogP) is 0.397. The van der Waals surface area contributed by atoms with E-state index in [2.05, 4.69) is 20.6 Å². The van der Waals surface area contributed by atoms with Gasteiger partial charge in [-0.15, -0.1) is 10.2 Å². The molecule has 0 atom stereocenters. The highest BCUT2D eigenvalue weighted by Gasteiger charge is 2.23. The summed E-state index contributed by atoms with van der Waals surface area (Å²) in [5.41, 5.74) is 0. The van der Waals surface area contributed by atoms with Gasteiger partial charge >= 0.3 is 0 Å². The lowest BCUT2D eigenvalue weighted by Crippen LogP contribution is -2.25. The van der Waals surface area contributed by atoms with Crippen LogP contribution < -0.4 is 5.32 Å². The third-order valence-electron chi connectivity index (χ3n) is 2.44. The Morgan fingerprint density at radius 1 is 1.62 bits per heavy atom. The molecular formula is C9H11N5OS. The number of hydrogen-bond acceptors (Lipinski definition) is 5. The van der Waals surface area contributed by atoms with Crippen molar-refractivity contribution in [3.63, 3.8) is 0 Å². The summed E-state index contributed by atoms with van der Waals surface area (Å²) in [6, 6.07) is 0.435. The lowest BCUT2D eigenvalue weighted by atomic mass is 10.3. The molecule has 7 heteroatoms. The summed E-state index contributed by atoms with van der Waals surface area (Å²) >= 11 is 1.48. The van der Waals surface area contributed by atoms with Crippen LogP contribution in [0.3, 0.4) is 0 Å². The second-order valence-corrected chi connectivity index (χ2v) is 4.94. The van der Waals surface area contributed by atoms with Crippen LogP contribution in [0, 0.1) is 0 Å². The summed E-state index contributed by atoms with van der Waals surface area (Å²) in [5.74, 6) is 0.119. The fourth-order valence-electron chi connectivity index (χ4n) is 1.45. The van der Waals surface area contributed by atoms with Crippen LogP contribution in [0.1, 0.15) is 24.3 Å². The molecule has 0 aliphatic heterocycles. The highest BCUT2D eigenvalue weighted by molar-refractivity contribution is 7.16. The monoisotopic (exact) mass is 237 g/mol. The van der Waals surface area contributed by atoms with E-state index in [-0.39, 0.29) is 5.91 Å². The molecule has 2 aromatic heterocycles. The topological polar surface area (TPSA) is 72.2 Å². The molecule has 1 amide bonds. The maximum Gasteiger partial charge on any atom is 0.234 e. The van der Waals surface area contributed by atoms with Crippen LogP contribution in [0.5, 0.6) is 0 Å². The first-order valence-electron chi connectivity index (χ1n) is 5.26. The number of aromatic nitrogens is 4. The zero-order chi connectivity index (χ0) is 11.0. The number of rotatable bonds is 4. The van der Waals surface area contributed by atoms with Gasteiger partial charge in [0.15, 0.2) is 0 Å². The molecule has 2 heterocycles. The predicted molar refractivity (Wildman–Crippen MR) is 58.1 cm³/mol. The zero-order valence-electron chi connectivity index (χ0n) is 8.59. The molecule has 1 N–H and O–H groups in total. The van der Waals surface area contributed by atoms with E-state index < -0.39 is 0 Å². The first kappa shape index (κ1) is 9.71. The molecule has 1 aliphatic rings. The number of fused-ring (bicyclic) bond motifs is 1. The van der Waals surface area contributed by atoms with Gasteiger partial charge in [0.1, 0.15) is 11.3 Å². The molecule has 0 unspecified atom stereocenters. The van der Waals surface area contributed by atoms with E-state index in [1.54, 1.807) is 10.8 Å². The quantitative estimate of drug-likeness (QED) is 0.835. The number of nitrogens with one attached hydrogen (secondary N) is 1. The van der Waals surface area contributed by atoms with Crippen LogP contribution >= 0.6 is 11.3 Å². The van der Waals surface area contributed by atoms with Crippen LogP contribution in [0.15, 0.2) is 6.33 Å². The van der Waals surface area contributed by atoms with E-state index in [9.17, 15) is 4.79 Å². The van der Waals surface area contributed by atoms with Crippen LogP contribution in [-0.2, 0) is 11.2 Å². The van der Waals surface area contributed by atoms with Gasteiger partial charge in [0.25, 0.3) is 0 Å². The van der Waals surface area contributed by atoms with Crippen molar-refractivity contribution in [2.75, 3.05) is 0 Å². The van der Waals surface area contributed by atoms with Crippen molar-refractivity contribution in [2.45, 2.75) is 31.7 Å². The lowest BCUT2D eigenvalue weighted by Gasteiger charge is -2.00. The Balaban J connectivity index is 1.57. The molecule has 0 saturated heterocycles. The summed E-state index contributed by atoms with van der Waals surface area (Å²) in [6.45, 7) is 0. The van der Waals surface area contributed by atoms with Gasteiger partial charge in [-0.3, -0.25) is 4.79 Å². The second kappa shape index (κ2) is 3.82. The highest BCUT2D eigenvalue weighted by atomic mass is 32.1. The van der Waals surface area contributed by atoms with Crippen molar-refractivity contribution in [3.05, 3.63) is 11.3 Å². The molecule has 16 heavy (non-hydrogen) atoms. The Kier molecular flexibility index (Phi) is 2.32. The summed E-state index contributed by atoms with van der Waals surface area (Å²) in [7, 11) is 0. The van der Waals surface area contributed by atoms with E-state index in [1.807, 2.05) is 0 Å². The molecular weight excluding hydrogens is 226 g/mol. The maximum atomic E-state index is 11.5. The molecule has 3 rings (SSSR count). The third-order valence-corrected chi connectivity index (χ3v) is 3.41. The van der Waals surface area contributed by atoms with Crippen LogP contribution in [0.25, 0.3) is 4.96 Å². The molecule has 0 spiro atoms. The summed E-state index contributed by atoms with van der Waals surface area (Å²) in [4.78, 5) is 12.2. The fraction of sp³-hybridized carbons (Fsp3) is 0.556. The SMILES string of the molecule is O=C(CCc1nn2cnnc2s1)NC1CC1. The van der Waals surface area contributed by atoms with E-state index in [0.29, 0.717) is 18.9 Å². The van der Waals surface area contributed by atoms with E-state index in [1.165, 1.54) is 11.3 Å². The van der Waals surface area contributed by atoms with E-state index in [0.717, 1.165) is 22.8 Å². The van der Waals surface area contributed by atoms with Crippen LogP contribution in [-0.4, -0.2) is 31.8 Å². The average Bonchev–Trinajstić information content (AvgIpc) is 2.82. The molecule has 0 aromatic carbocycles. The van der Waals surface area contributed by atoms with Gasteiger partial charge in [0, 0.05) is 18.9 Å². The number of aryl methyl sites for hydroxylation is 1. The first-order chi connectivity index (χ1) is 7.81. The van der Waals surface area contributed by atoms with E-state index >= 15 is 0 Å². The largest absolute Gasteiger partial charge is 0.353 e. The smallest absolute Gasteiger partial charge is 0.234 e. The minimum atomic E-state index is 0.119. The third kappa shape index (κ3) is 2.04. The number of carbonyl (C=O) groups is 1. The number of amides is 1. The zero-order valence-corrected chi connectivity index (χ0v) is 9.40. The second-order valence-electron chi connectivity index (χ2n) is 3.90. The van der Waals surface area contributed by atoms with Gasteiger partial charge in [-0.25, -0.2) is 0 Å². The van der Waals surface area contributed by atoms with Gasteiger partial charge in [0.2, 0.25) is 10.9 Å². The minimum absolute atomic E-state index is 0.119. The Morgan fingerprint density at radius 3 is 3.25 bits per heavy atom. The van der Waals surface area contributed by atoms with Crippen molar-refractivity contribution in [3.8, 4) is 0 Å². The van der Waals surface area contributed by atoms with Gasteiger partial charge in [-0.05, 0) is 12.8 Å². The first-order valence-corrected chi connectivity index (χ1v) is 6.08. The Labute approximate surface area is 95.7 Å². The molecule has 84 valence electrons. The Morgan fingerprint density at radius 2 is 2.50 bits per heavy atom. The molecule has 1 aliphatic carbocycles. The van der Waals surface area contributed by atoms with Crippen molar-refractivity contribution < 1.29 is 4.79 Å². The molecule has 6 nitrogen and oxygen atoms in total. The van der Waals surface area contributed by atoms with Crippen molar-refractivity contribution in [2.24, 2.45) is 0 Å². The van der Waals surface area contributed by atoms with E-state index in [4.69, 9.17) is 0 Å². The molecule has 0 radical (unpaired) electrons. The number of nitrogens with zero attached hydrogens (tertiary/aromatic N) is 4. The number of carbonyl (C=O) groups excluding carboxylic acids is 1. The molecule has 1 fully saturated rings. The Hall–Kier alpha value is -1.50. The lowest BCUT2D eigenvalue weighted by molar-refractivity contribution is -0.121. The Bertz CT molecular complexity index is 486. The fourth-order valence-corrected chi connectivity index (χ4v) is 2.26.